The molecular formula is C13H18ClNO. The van der Waals surface area contributed by atoms with Crippen molar-refractivity contribution in [2.45, 2.75) is 18.9 Å². The Balaban J connectivity index is 2.96. The minimum absolute atomic E-state index is 0.242. The quantitative estimate of drug-likeness (QED) is 0.767. The summed E-state index contributed by atoms with van der Waals surface area (Å²) >= 11 is 6.01. The summed E-state index contributed by atoms with van der Waals surface area (Å²) < 4.78 is 5.34. The van der Waals surface area contributed by atoms with Crippen molar-refractivity contribution in [1.29, 1.82) is 0 Å². The molecule has 0 heterocycles. The summed E-state index contributed by atoms with van der Waals surface area (Å²) in [6.45, 7) is 3.74. The van der Waals surface area contributed by atoms with E-state index >= 15 is 0 Å². The lowest BCUT2D eigenvalue weighted by atomic mass is 10.0. The molecular weight excluding hydrogens is 222 g/mol. The van der Waals surface area contributed by atoms with Crippen LogP contribution >= 0.6 is 11.6 Å². The maximum atomic E-state index is 6.01. The molecule has 0 radical (unpaired) electrons. The van der Waals surface area contributed by atoms with Crippen LogP contribution in [0.1, 0.15) is 24.4 Å². The van der Waals surface area contributed by atoms with Gasteiger partial charge in [-0.3, -0.25) is 0 Å². The number of halogens is 1. The van der Waals surface area contributed by atoms with Crippen molar-refractivity contribution in [3.05, 3.63) is 41.4 Å². The lowest BCUT2D eigenvalue weighted by Crippen LogP contribution is -2.17. The maximum absolute atomic E-state index is 6.01. The van der Waals surface area contributed by atoms with Crippen LogP contribution in [0.5, 0.6) is 5.75 Å². The summed E-state index contributed by atoms with van der Waals surface area (Å²) in [6, 6.07) is 5.93. The summed E-state index contributed by atoms with van der Waals surface area (Å²) in [7, 11) is 3.61. The smallest absolute Gasteiger partial charge is 0.123 e. The molecule has 0 saturated heterocycles. The molecule has 0 aliphatic carbocycles. The Hall–Kier alpha value is -0.990. The molecule has 0 saturated carbocycles. The number of hydrogen-bond donors (Lipinski definition) is 1. The van der Waals surface area contributed by atoms with Crippen molar-refractivity contribution in [2.75, 3.05) is 14.2 Å². The third-order valence-corrected chi connectivity index (χ3v) is 2.81. The molecule has 0 amide bonds. The second-order valence-electron chi connectivity index (χ2n) is 3.59. The van der Waals surface area contributed by atoms with Gasteiger partial charge in [0.25, 0.3) is 0 Å². The highest BCUT2D eigenvalue weighted by atomic mass is 35.5. The number of methoxy groups -OCH3 is 1. The summed E-state index contributed by atoms with van der Waals surface area (Å²) in [6.07, 6.45) is 3.86. The zero-order valence-electron chi connectivity index (χ0n) is 9.79. The van der Waals surface area contributed by atoms with Gasteiger partial charge >= 0.3 is 0 Å². The average Bonchev–Trinajstić information content (AvgIpc) is 2.30. The maximum Gasteiger partial charge on any atom is 0.123 e. The average molecular weight is 240 g/mol. The second-order valence-corrected chi connectivity index (χ2v) is 4.03. The number of nitrogens with one attached hydrogen (secondary N) is 1. The van der Waals surface area contributed by atoms with E-state index in [9.17, 15) is 0 Å². The van der Waals surface area contributed by atoms with Gasteiger partial charge in [0.2, 0.25) is 0 Å². The Bertz CT molecular complexity index is 352. The molecule has 0 fully saturated rings. The van der Waals surface area contributed by atoms with Gasteiger partial charge in [-0.15, -0.1) is 6.58 Å². The largest absolute Gasteiger partial charge is 0.496 e. The molecule has 0 aliphatic heterocycles. The van der Waals surface area contributed by atoms with E-state index in [2.05, 4.69) is 11.9 Å². The summed E-state index contributed by atoms with van der Waals surface area (Å²) in [5.74, 6) is 0.868. The first-order chi connectivity index (χ1) is 7.72. The molecule has 1 unspecified atom stereocenters. The van der Waals surface area contributed by atoms with E-state index in [1.54, 1.807) is 7.11 Å². The van der Waals surface area contributed by atoms with E-state index in [4.69, 9.17) is 16.3 Å². The van der Waals surface area contributed by atoms with Crippen molar-refractivity contribution in [2.24, 2.45) is 0 Å². The lowest BCUT2D eigenvalue weighted by molar-refractivity contribution is 0.399. The Labute approximate surface area is 102 Å². The first-order valence-electron chi connectivity index (χ1n) is 5.34. The first kappa shape index (κ1) is 13.1. The van der Waals surface area contributed by atoms with E-state index < -0.39 is 0 Å². The molecule has 3 heteroatoms. The Morgan fingerprint density at radius 1 is 1.56 bits per heavy atom. The lowest BCUT2D eigenvalue weighted by Gasteiger charge is -2.19. The van der Waals surface area contributed by atoms with Crippen molar-refractivity contribution in [3.63, 3.8) is 0 Å². The van der Waals surface area contributed by atoms with Crippen LogP contribution in [0.3, 0.4) is 0 Å². The Morgan fingerprint density at radius 2 is 2.31 bits per heavy atom. The van der Waals surface area contributed by atoms with Crippen LogP contribution in [0.25, 0.3) is 0 Å². The fourth-order valence-electron chi connectivity index (χ4n) is 1.72. The van der Waals surface area contributed by atoms with Gasteiger partial charge in [0.15, 0.2) is 0 Å². The zero-order chi connectivity index (χ0) is 12.0. The van der Waals surface area contributed by atoms with Crippen molar-refractivity contribution < 1.29 is 4.74 Å². The molecule has 0 spiro atoms. The van der Waals surface area contributed by atoms with Gasteiger partial charge in [-0.1, -0.05) is 17.7 Å². The fraction of sp³-hybridized carbons (Fsp3) is 0.385. The van der Waals surface area contributed by atoms with E-state index in [0.29, 0.717) is 0 Å². The van der Waals surface area contributed by atoms with Gasteiger partial charge in [0, 0.05) is 16.6 Å². The third-order valence-electron chi connectivity index (χ3n) is 2.58. The number of ether oxygens (including phenoxy) is 1. The highest BCUT2D eigenvalue weighted by Gasteiger charge is 2.13. The number of rotatable bonds is 6. The molecule has 88 valence electrons. The Morgan fingerprint density at radius 3 is 2.88 bits per heavy atom. The molecule has 1 aromatic carbocycles. The minimum atomic E-state index is 0.242. The predicted octanol–water partition coefficient (Wildman–Crippen LogP) is 3.58. The van der Waals surface area contributed by atoms with Gasteiger partial charge in [-0.25, -0.2) is 0 Å². The van der Waals surface area contributed by atoms with Crippen LogP contribution in [0.2, 0.25) is 5.02 Å². The predicted molar refractivity (Wildman–Crippen MR) is 69.2 cm³/mol. The SMILES string of the molecule is C=CCCC(NC)c1cc(Cl)ccc1OC. The monoisotopic (exact) mass is 239 g/mol. The van der Waals surface area contributed by atoms with Crippen molar-refractivity contribution in [1.82, 2.24) is 5.32 Å². The van der Waals surface area contributed by atoms with Crippen molar-refractivity contribution >= 4 is 11.6 Å². The molecule has 0 aliphatic rings. The van der Waals surface area contributed by atoms with Crippen LogP contribution in [0.15, 0.2) is 30.9 Å². The highest BCUT2D eigenvalue weighted by Crippen LogP contribution is 2.30. The molecule has 0 aromatic heterocycles. The Kier molecular flexibility index (Phi) is 5.36. The zero-order valence-corrected chi connectivity index (χ0v) is 10.6. The molecule has 16 heavy (non-hydrogen) atoms. The van der Waals surface area contributed by atoms with Gasteiger partial charge < -0.3 is 10.1 Å². The summed E-state index contributed by atoms with van der Waals surface area (Å²) in [5.41, 5.74) is 1.10. The molecule has 1 N–H and O–H groups in total. The van der Waals surface area contributed by atoms with Crippen molar-refractivity contribution in [3.8, 4) is 5.75 Å². The van der Waals surface area contributed by atoms with Gasteiger partial charge in [0.05, 0.1) is 7.11 Å². The van der Waals surface area contributed by atoms with Crippen LogP contribution in [-0.2, 0) is 0 Å². The first-order valence-corrected chi connectivity index (χ1v) is 5.72. The molecule has 1 atom stereocenters. The van der Waals surface area contributed by atoms with Crippen LogP contribution in [0.4, 0.5) is 0 Å². The van der Waals surface area contributed by atoms with Gasteiger partial charge in [-0.05, 0) is 38.1 Å². The summed E-state index contributed by atoms with van der Waals surface area (Å²) in [4.78, 5) is 0. The van der Waals surface area contributed by atoms with Crippen LogP contribution < -0.4 is 10.1 Å². The minimum Gasteiger partial charge on any atom is -0.496 e. The highest BCUT2D eigenvalue weighted by molar-refractivity contribution is 6.30. The van der Waals surface area contributed by atoms with Crippen LogP contribution in [-0.4, -0.2) is 14.2 Å². The number of hydrogen-bond acceptors (Lipinski definition) is 2. The normalized spacial score (nSPS) is 12.2. The van der Waals surface area contributed by atoms with E-state index in [0.717, 1.165) is 29.2 Å². The number of allylic oxidation sites excluding steroid dienone is 1. The molecule has 1 rings (SSSR count). The fourth-order valence-corrected chi connectivity index (χ4v) is 1.90. The van der Waals surface area contributed by atoms with E-state index in [1.807, 2.05) is 31.3 Å². The van der Waals surface area contributed by atoms with E-state index in [-0.39, 0.29) is 6.04 Å². The van der Waals surface area contributed by atoms with Gasteiger partial charge in [0.1, 0.15) is 5.75 Å². The molecule has 0 bridgehead atoms. The molecule has 1 aromatic rings. The molecule has 2 nitrogen and oxygen atoms in total. The third kappa shape index (κ3) is 3.26. The second kappa shape index (κ2) is 6.56. The number of benzene rings is 1. The van der Waals surface area contributed by atoms with Crippen LogP contribution in [0, 0.1) is 0 Å². The summed E-state index contributed by atoms with van der Waals surface area (Å²) in [5, 5.41) is 4.00. The standard InChI is InChI=1S/C13H18ClNO/c1-4-5-6-12(15-2)11-9-10(14)7-8-13(11)16-3/h4,7-9,12,15H,1,5-6H2,2-3H3. The van der Waals surface area contributed by atoms with Gasteiger partial charge in [-0.2, -0.15) is 0 Å². The topological polar surface area (TPSA) is 21.3 Å². The van der Waals surface area contributed by atoms with E-state index in [1.165, 1.54) is 0 Å².